The van der Waals surface area contributed by atoms with Gasteiger partial charge in [0.2, 0.25) is 10.0 Å². The minimum absolute atomic E-state index is 0.00165. The van der Waals surface area contributed by atoms with Crippen LogP contribution in [-0.2, 0) is 10.0 Å². The van der Waals surface area contributed by atoms with E-state index in [1.807, 2.05) is 0 Å². The van der Waals surface area contributed by atoms with E-state index in [9.17, 15) is 27.1 Å². The molecule has 2 heterocycles. The number of pyridine rings is 1. The van der Waals surface area contributed by atoms with E-state index in [1.165, 1.54) is 34.6 Å². The summed E-state index contributed by atoms with van der Waals surface area (Å²) in [6, 6.07) is 8.53. The van der Waals surface area contributed by atoms with Crippen LogP contribution in [0.5, 0.6) is 0 Å². The maximum absolute atomic E-state index is 13.6. The van der Waals surface area contributed by atoms with Crippen LogP contribution in [0.15, 0.2) is 47.4 Å². The number of sulfonamides is 1. The molecule has 2 aromatic carbocycles. The van der Waals surface area contributed by atoms with Crippen LogP contribution < -0.4 is 0 Å². The van der Waals surface area contributed by atoms with Crippen molar-refractivity contribution in [2.45, 2.75) is 24.2 Å². The zero-order chi connectivity index (χ0) is 21.5. The van der Waals surface area contributed by atoms with Crippen molar-refractivity contribution in [2.24, 2.45) is 0 Å². The average molecular weight is 432 g/mol. The molecular weight excluding hydrogens is 414 g/mol. The quantitative estimate of drug-likeness (QED) is 0.672. The van der Waals surface area contributed by atoms with E-state index >= 15 is 0 Å². The van der Waals surface area contributed by atoms with Crippen LogP contribution in [0, 0.1) is 11.6 Å². The lowest BCUT2D eigenvalue weighted by Crippen LogP contribution is -2.35. The molecule has 1 saturated heterocycles. The number of aromatic carboxylic acids is 1. The van der Waals surface area contributed by atoms with Crippen LogP contribution in [0.2, 0.25) is 0 Å². The van der Waals surface area contributed by atoms with Gasteiger partial charge in [-0.3, -0.25) is 0 Å². The van der Waals surface area contributed by atoms with Crippen molar-refractivity contribution >= 4 is 26.9 Å². The number of hydrogen-bond donors (Lipinski definition) is 1. The molecule has 1 N–H and O–H groups in total. The van der Waals surface area contributed by atoms with Gasteiger partial charge >= 0.3 is 5.97 Å². The van der Waals surface area contributed by atoms with E-state index < -0.39 is 27.6 Å². The average Bonchev–Trinajstić information content (AvgIpc) is 2.75. The molecule has 0 unspecified atom stereocenters. The van der Waals surface area contributed by atoms with Gasteiger partial charge in [0.15, 0.2) is 11.6 Å². The van der Waals surface area contributed by atoms with Gasteiger partial charge in [-0.15, -0.1) is 0 Å². The Morgan fingerprint density at radius 2 is 1.70 bits per heavy atom. The molecule has 156 valence electrons. The molecule has 3 aromatic rings. The second kappa shape index (κ2) is 7.73. The fraction of sp³-hybridized carbons (Fsp3) is 0.238. The zero-order valence-electron chi connectivity index (χ0n) is 15.8. The summed E-state index contributed by atoms with van der Waals surface area (Å²) in [6.07, 6.45) is 2.54. The first-order valence-electron chi connectivity index (χ1n) is 9.41. The lowest BCUT2D eigenvalue weighted by molar-refractivity contribution is 0.0699. The third-order valence-electron chi connectivity index (χ3n) is 5.18. The van der Waals surface area contributed by atoms with E-state index in [4.69, 9.17) is 0 Å². The highest BCUT2D eigenvalue weighted by atomic mass is 32.2. The predicted molar refractivity (Wildman–Crippen MR) is 107 cm³/mol. The second-order valence-corrected chi connectivity index (χ2v) is 9.07. The van der Waals surface area contributed by atoms with Crippen molar-refractivity contribution in [2.75, 3.05) is 13.1 Å². The Morgan fingerprint density at radius 1 is 0.967 bits per heavy atom. The van der Waals surface area contributed by atoms with Crippen molar-refractivity contribution < 1.29 is 27.1 Å². The van der Waals surface area contributed by atoms with Crippen molar-refractivity contribution in [1.29, 1.82) is 0 Å². The van der Waals surface area contributed by atoms with Crippen molar-refractivity contribution in [3.05, 3.63) is 59.7 Å². The number of carboxylic acids is 1. The molecule has 1 fully saturated rings. The van der Waals surface area contributed by atoms with Gasteiger partial charge < -0.3 is 5.11 Å². The molecule has 1 aliphatic heterocycles. The normalized spacial score (nSPS) is 15.4. The number of fused-ring (bicyclic) bond motifs is 1. The number of aromatic nitrogens is 1. The van der Waals surface area contributed by atoms with Gasteiger partial charge in [0.05, 0.1) is 21.7 Å². The van der Waals surface area contributed by atoms with Crippen LogP contribution in [0.4, 0.5) is 8.78 Å². The van der Waals surface area contributed by atoms with Crippen LogP contribution in [0.1, 0.15) is 29.6 Å². The Morgan fingerprint density at radius 3 is 2.37 bits per heavy atom. The molecule has 0 aliphatic carbocycles. The Hall–Kier alpha value is -2.91. The minimum Gasteiger partial charge on any atom is -0.478 e. The Balaban J connectivity index is 1.85. The molecule has 0 spiro atoms. The standard InChI is InChI=1S/C21H18F2N2O4S/c22-17-6-4-13(10-18(17)23)20-12-16(21(26)27)15-11-14(5-7-19(15)24-20)30(28,29)25-8-2-1-3-9-25/h4-7,10-12H,1-3,8-9H2,(H,26,27). The molecule has 9 heteroatoms. The number of piperidine rings is 1. The Labute approximate surface area is 171 Å². The number of rotatable bonds is 4. The summed E-state index contributed by atoms with van der Waals surface area (Å²) in [6.45, 7) is 0.860. The summed E-state index contributed by atoms with van der Waals surface area (Å²) in [5.74, 6) is -3.38. The summed E-state index contributed by atoms with van der Waals surface area (Å²) >= 11 is 0. The third kappa shape index (κ3) is 3.66. The first-order chi connectivity index (χ1) is 14.3. The van der Waals surface area contributed by atoms with Gasteiger partial charge in [0.1, 0.15) is 0 Å². The van der Waals surface area contributed by atoms with Gasteiger partial charge in [0, 0.05) is 24.0 Å². The van der Waals surface area contributed by atoms with E-state index in [2.05, 4.69) is 4.98 Å². The first-order valence-corrected chi connectivity index (χ1v) is 10.8. The molecule has 6 nitrogen and oxygen atoms in total. The van der Waals surface area contributed by atoms with Crippen LogP contribution in [-0.4, -0.2) is 41.9 Å². The van der Waals surface area contributed by atoms with Crippen molar-refractivity contribution in [1.82, 2.24) is 9.29 Å². The number of halogens is 2. The summed E-state index contributed by atoms with van der Waals surface area (Å²) in [5, 5.41) is 9.83. The van der Waals surface area contributed by atoms with Crippen LogP contribution in [0.3, 0.4) is 0 Å². The molecule has 0 atom stereocenters. The van der Waals surface area contributed by atoms with Gasteiger partial charge in [-0.25, -0.2) is 27.0 Å². The second-order valence-electron chi connectivity index (χ2n) is 7.13. The monoisotopic (exact) mass is 432 g/mol. The Kier molecular flexibility index (Phi) is 5.25. The smallest absolute Gasteiger partial charge is 0.336 e. The first kappa shape index (κ1) is 20.4. The molecule has 0 bridgehead atoms. The van der Waals surface area contributed by atoms with E-state index in [-0.39, 0.29) is 32.6 Å². The van der Waals surface area contributed by atoms with Crippen molar-refractivity contribution in [3.8, 4) is 11.3 Å². The molecule has 4 rings (SSSR count). The lowest BCUT2D eigenvalue weighted by atomic mass is 10.0. The van der Waals surface area contributed by atoms with E-state index in [0.29, 0.717) is 13.1 Å². The fourth-order valence-electron chi connectivity index (χ4n) is 3.60. The van der Waals surface area contributed by atoms with E-state index in [1.54, 1.807) is 0 Å². The summed E-state index contributed by atoms with van der Waals surface area (Å²) in [5.41, 5.74) is 0.427. The number of carboxylic acid groups (broad SMARTS) is 1. The van der Waals surface area contributed by atoms with Crippen LogP contribution in [0.25, 0.3) is 22.2 Å². The maximum atomic E-state index is 13.6. The lowest BCUT2D eigenvalue weighted by Gasteiger charge is -2.26. The third-order valence-corrected chi connectivity index (χ3v) is 7.07. The number of hydrogen-bond acceptors (Lipinski definition) is 4. The molecular formula is C21H18F2N2O4S. The molecule has 1 aliphatic rings. The van der Waals surface area contributed by atoms with Gasteiger partial charge in [0.25, 0.3) is 0 Å². The SMILES string of the molecule is O=C(O)c1cc(-c2ccc(F)c(F)c2)nc2ccc(S(=O)(=O)N3CCCCC3)cc12. The number of carbonyl (C=O) groups is 1. The molecule has 30 heavy (non-hydrogen) atoms. The number of benzene rings is 2. The fourth-order valence-corrected chi connectivity index (χ4v) is 5.14. The highest BCUT2D eigenvalue weighted by molar-refractivity contribution is 7.89. The molecule has 0 saturated carbocycles. The largest absolute Gasteiger partial charge is 0.478 e. The summed E-state index contributed by atoms with van der Waals surface area (Å²) in [7, 11) is -3.75. The van der Waals surface area contributed by atoms with Gasteiger partial charge in [-0.2, -0.15) is 4.31 Å². The zero-order valence-corrected chi connectivity index (χ0v) is 16.6. The van der Waals surface area contributed by atoms with Gasteiger partial charge in [-0.1, -0.05) is 6.42 Å². The van der Waals surface area contributed by atoms with Gasteiger partial charge in [-0.05, 0) is 55.3 Å². The molecule has 1 aromatic heterocycles. The van der Waals surface area contributed by atoms with E-state index in [0.717, 1.165) is 31.4 Å². The highest BCUT2D eigenvalue weighted by Crippen LogP contribution is 2.29. The summed E-state index contributed by atoms with van der Waals surface area (Å²) in [4.78, 5) is 16.2. The topological polar surface area (TPSA) is 87.6 Å². The summed E-state index contributed by atoms with van der Waals surface area (Å²) < 4.78 is 54.1. The maximum Gasteiger partial charge on any atom is 0.336 e. The molecule has 0 amide bonds. The molecule has 0 radical (unpaired) electrons. The highest BCUT2D eigenvalue weighted by Gasteiger charge is 2.27. The number of nitrogens with zero attached hydrogens (tertiary/aromatic N) is 2. The van der Waals surface area contributed by atoms with Crippen molar-refractivity contribution in [3.63, 3.8) is 0 Å². The minimum atomic E-state index is -3.75. The Bertz CT molecular complexity index is 1260. The predicted octanol–water partition coefficient (Wildman–Crippen LogP) is 4.05. The van der Waals surface area contributed by atoms with Crippen LogP contribution >= 0.6 is 0 Å².